The van der Waals surface area contributed by atoms with Crippen molar-refractivity contribution in [1.29, 1.82) is 0 Å². The molecule has 0 aliphatic heterocycles. The highest BCUT2D eigenvalue weighted by atomic mass is 35.5. The number of benzene rings is 1. The van der Waals surface area contributed by atoms with Crippen molar-refractivity contribution in [2.24, 2.45) is 11.7 Å². The largest absolute Gasteiger partial charge is 0.327 e. The van der Waals surface area contributed by atoms with Crippen molar-refractivity contribution in [3.05, 3.63) is 57.6 Å². The Balaban J connectivity index is 1.78. The van der Waals surface area contributed by atoms with Crippen molar-refractivity contribution in [2.75, 3.05) is 5.32 Å². The van der Waals surface area contributed by atoms with E-state index < -0.39 is 5.95 Å². The van der Waals surface area contributed by atoms with E-state index in [9.17, 15) is 9.18 Å². The van der Waals surface area contributed by atoms with Gasteiger partial charge in [-0.1, -0.05) is 30.1 Å². The molecule has 0 bridgehead atoms. The third-order valence-corrected chi connectivity index (χ3v) is 5.53. The predicted octanol–water partition coefficient (Wildman–Crippen LogP) is 4.55. The van der Waals surface area contributed by atoms with E-state index in [0.717, 1.165) is 11.1 Å². The Hall–Kier alpha value is -1.69. The number of hydrogen-bond acceptors (Lipinski definition) is 3. The first-order valence-electron chi connectivity index (χ1n) is 8.49. The van der Waals surface area contributed by atoms with Crippen LogP contribution in [0.1, 0.15) is 36.8 Å². The molecule has 1 unspecified atom stereocenters. The van der Waals surface area contributed by atoms with Gasteiger partial charge in [-0.3, -0.25) is 4.79 Å². The minimum atomic E-state index is -0.502. The highest BCUT2D eigenvalue weighted by molar-refractivity contribution is 6.42. The number of carbonyl (C=O) groups is 1. The second kappa shape index (κ2) is 7.91. The minimum absolute atomic E-state index is 0.0788. The predicted molar refractivity (Wildman–Crippen MR) is 102 cm³/mol. The topological polar surface area (TPSA) is 68.0 Å². The van der Waals surface area contributed by atoms with Gasteiger partial charge in [-0.25, -0.2) is 4.98 Å². The lowest BCUT2D eigenvalue weighted by atomic mass is 9.80. The fourth-order valence-corrected chi connectivity index (χ4v) is 3.81. The molecular weight excluding hydrogens is 376 g/mol. The summed E-state index contributed by atoms with van der Waals surface area (Å²) in [6, 6.07) is 6.19. The maximum atomic E-state index is 13.5. The Morgan fingerprint density at radius 2 is 2.04 bits per heavy atom. The Morgan fingerprint density at radius 3 is 2.77 bits per heavy atom. The summed E-state index contributed by atoms with van der Waals surface area (Å²) in [7, 11) is 0. The van der Waals surface area contributed by atoms with E-state index >= 15 is 0 Å². The molecule has 26 heavy (non-hydrogen) atoms. The van der Waals surface area contributed by atoms with Crippen LogP contribution in [-0.4, -0.2) is 16.9 Å². The van der Waals surface area contributed by atoms with Crippen LogP contribution in [0.3, 0.4) is 0 Å². The third-order valence-electron chi connectivity index (χ3n) is 4.79. The standard InChI is InChI=1S/C19H20Cl2FN3O/c1-10-4-12(19(26)25-14-2-3-16(20)17(21)8-14)6-13(23)5-11-7-18(22)24-9-15(10)11/h2-3,7-10,12-13H,4-6,23H2,1H3,(H,25,26)/t10-,12?,13-/m0/s1. The van der Waals surface area contributed by atoms with Gasteiger partial charge in [-0.15, -0.1) is 0 Å². The Kier molecular flexibility index (Phi) is 5.80. The number of anilines is 1. The van der Waals surface area contributed by atoms with Gasteiger partial charge in [0, 0.05) is 23.8 Å². The molecule has 4 nitrogen and oxygen atoms in total. The number of aromatic nitrogens is 1. The second-order valence-corrected chi connectivity index (χ2v) is 7.67. The number of halogens is 3. The zero-order valence-corrected chi connectivity index (χ0v) is 15.8. The van der Waals surface area contributed by atoms with Gasteiger partial charge in [0.25, 0.3) is 0 Å². The molecule has 2 aromatic rings. The van der Waals surface area contributed by atoms with E-state index in [4.69, 9.17) is 28.9 Å². The molecular formula is C19H20Cl2FN3O. The van der Waals surface area contributed by atoms with E-state index in [-0.39, 0.29) is 23.8 Å². The van der Waals surface area contributed by atoms with Crippen molar-refractivity contribution in [3.8, 4) is 0 Å². The van der Waals surface area contributed by atoms with Crippen LogP contribution >= 0.6 is 23.2 Å². The van der Waals surface area contributed by atoms with Crippen LogP contribution in [0.5, 0.6) is 0 Å². The van der Waals surface area contributed by atoms with Crippen LogP contribution in [0.25, 0.3) is 0 Å². The molecule has 1 amide bonds. The first-order valence-corrected chi connectivity index (χ1v) is 9.25. The molecule has 3 atom stereocenters. The number of rotatable bonds is 2. The summed E-state index contributed by atoms with van der Waals surface area (Å²) in [5.74, 6) is -0.787. The lowest BCUT2D eigenvalue weighted by Crippen LogP contribution is -2.35. The van der Waals surface area contributed by atoms with E-state index in [0.29, 0.717) is 35.0 Å². The lowest BCUT2D eigenvalue weighted by molar-refractivity contribution is -0.120. The van der Waals surface area contributed by atoms with Crippen LogP contribution in [-0.2, 0) is 11.2 Å². The fourth-order valence-electron chi connectivity index (χ4n) is 3.51. The Morgan fingerprint density at radius 1 is 1.27 bits per heavy atom. The van der Waals surface area contributed by atoms with Gasteiger partial charge in [0.2, 0.25) is 11.9 Å². The van der Waals surface area contributed by atoms with E-state index in [1.54, 1.807) is 24.4 Å². The van der Waals surface area contributed by atoms with Crippen molar-refractivity contribution >= 4 is 34.8 Å². The van der Waals surface area contributed by atoms with Crippen LogP contribution in [0.2, 0.25) is 10.0 Å². The molecule has 0 fully saturated rings. The number of nitrogens with one attached hydrogen (secondary N) is 1. The lowest BCUT2D eigenvalue weighted by Gasteiger charge is -2.28. The third kappa shape index (κ3) is 4.34. The average Bonchev–Trinajstić information content (AvgIpc) is 2.56. The number of carbonyl (C=O) groups excluding carboxylic acids is 1. The molecule has 0 spiro atoms. The number of fused-ring (bicyclic) bond motifs is 1. The van der Waals surface area contributed by atoms with Crippen molar-refractivity contribution in [1.82, 2.24) is 4.98 Å². The van der Waals surface area contributed by atoms with Gasteiger partial charge < -0.3 is 11.1 Å². The maximum Gasteiger partial charge on any atom is 0.227 e. The highest BCUT2D eigenvalue weighted by Gasteiger charge is 2.29. The molecule has 138 valence electrons. The summed E-state index contributed by atoms with van der Waals surface area (Å²) >= 11 is 11.9. The zero-order chi connectivity index (χ0) is 18.8. The number of pyridine rings is 1. The maximum absolute atomic E-state index is 13.5. The zero-order valence-electron chi connectivity index (χ0n) is 14.3. The van der Waals surface area contributed by atoms with Gasteiger partial charge in [-0.2, -0.15) is 4.39 Å². The SMILES string of the molecule is C[C@H]1CC(C(=O)Nc2ccc(Cl)c(Cl)c2)C[C@@H](N)Cc2cc(F)ncc21. The second-order valence-electron chi connectivity index (χ2n) is 6.86. The summed E-state index contributed by atoms with van der Waals surface area (Å²) in [4.78, 5) is 16.5. The first kappa shape index (κ1) is 19.1. The highest BCUT2D eigenvalue weighted by Crippen LogP contribution is 2.33. The summed E-state index contributed by atoms with van der Waals surface area (Å²) in [6.45, 7) is 2.02. The van der Waals surface area contributed by atoms with Crippen LogP contribution in [0, 0.1) is 11.9 Å². The monoisotopic (exact) mass is 395 g/mol. The van der Waals surface area contributed by atoms with E-state index in [2.05, 4.69) is 10.3 Å². The number of nitrogens with two attached hydrogens (primary N) is 1. The number of amides is 1. The summed E-state index contributed by atoms with van der Waals surface area (Å²) in [6.07, 6.45) is 3.22. The average molecular weight is 396 g/mol. The van der Waals surface area contributed by atoms with Crippen molar-refractivity contribution < 1.29 is 9.18 Å². The Bertz CT molecular complexity index is 830. The van der Waals surface area contributed by atoms with Crippen LogP contribution < -0.4 is 11.1 Å². The number of hydrogen-bond donors (Lipinski definition) is 2. The molecule has 1 aliphatic carbocycles. The summed E-state index contributed by atoms with van der Waals surface area (Å²) < 4.78 is 13.5. The molecule has 7 heteroatoms. The molecule has 3 rings (SSSR count). The van der Waals surface area contributed by atoms with Crippen molar-refractivity contribution in [2.45, 2.75) is 38.1 Å². The molecule has 3 N–H and O–H groups in total. The molecule has 1 heterocycles. The molecule has 1 aliphatic rings. The Labute approximate surface area is 161 Å². The van der Waals surface area contributed by atoms with Gasteiger partial charge in [0.15, 0.2) is 0 Å². The molecule has 0 radical (unpaired) electrons. The summed E-state index contributed by atoms with van der Waals surface area (Å²) in [5.41, 5.74) is 8.64. The molecule has 1 aromatic carbocycles. The van der Waals surface area contributed by atoms with E-state index in [1.165, 1.54) is 6.07 Å². The first-order chi connectivity index (χ1) is 12.3. The molecule has 0 saturated carbocycles. The minimum Gasteiger partial charge on any atom is -0.327 e. The molecule has 1 aromatic heterocycles. The van der Waals surface area contributed by atoms with Gasteiger partial charge >= 0.3 is 0 Å². The van der Waals surface area contributed by atoms with Gasteiger partial charge in [0.05, 0.1) is 10.0 Å². The summed E-state index contributed by atoms with van der Waals surface area (Å²) in [5, 5.41) is 3.71. The van der Waals surface area contributed by atoms with Crippen LogP contribution in [0.4, 0.5) is 10.1 Å². The van der Waals surface area contributed by atoms with Crippen molar-refractivity contribution in [3.63, 3.8) is 0 Å². The normalized spacial score (nSPS) is 22.9. The van der Waals surface area contributed by atoms with Gasteiger partial charge in [-0.05, 0) is 60.6 Å². The number of nitrogens with zero attached hydrogens (tertiary/aromatic N) is 1. The smallest absolute Gasteiger partial charge is 0.227 e. The van der Waals surface area contributed by atoms with Gasteiger partial charge in [0.1, 0.15) is 0 Å². The molecule has 0 saturated heterocycles. The fraction of sp³-hybridized carbons (Fsp3) is 0.368. The quantitative estimate of drug-likeness (QED) is 0.732. The van der Waals surface area contributed by atoms with E-state index in [1.807, 2.05) is 6.92 Å². The van der Waals surface area contributed by atoms with Crippen LogP contribution in [0.15, 0.2) is 30.5 Å².